The van der Waals surface area contributed by atoms with Gasteiger partial charge >= 0.3 is 0 Å². The highest BCUT2D eigenvalue weighted by molar-refractivity contribution is 6.29. The molecule has 0 aliphatic heterocycles. The van der Waals surface area contributed by atoms with Crippen molar-refractivity contribution in [3.63, 3.8) is 0 Å². The summed E-state index contributed by atoms with van der Waals surface area (Å²) >= 11 is 5.68. The number of hydrogen-bond acceptors (Lipinski definition) is 3. The minimum atomic E-state index is -0.267. The van der Waals surface area contributed by atoms with E-state index >= 15 is 0 Å². The number of aromatic nitrogens is 3. The standard InChI is InChI=1S/C10H9ClN4O/c11-9-3-1-2-8(14-9)10(16)12-6-7-4-5-13-15-7/h1-5H,6H2,(H,12,16)(H,13,15). The van der Waals surface area contributed by atoms with Crippen LogP contribution in [-0.4, -0.2) is 21.1 Å². The Morgan fingerprint density at radius 1 is 1.44 bits per heavy atom. The van der Waals surface area contributed by atoms with Gasteiger partial charge in [0.2, 0.25) is 0 Å². The molecule has 0 aliphatic rings. The van der Waals surface area contributed by atoms with Crippen molar-refractivity contribution < 1.29 is 4.79 Å². The number of rotatable bonds is 3. The maximum absolute atomic E-state index is 11.6. The van der Waals surface area contributed by atoms with Crippen molar-refractivity contribution in [1.82, 2.24) is 20.5 Å². The number of nitrogens with zero attached hydrogens (tertiary/aromatic N) is 2. The van der Waals surface area contributed by atoms with Gasteiger partial charge in [-0.1, -0.05) is 17.7 Å². The van der Waals surface area contributed by atoms with Crippen LogP contribution in [0.15, 0.2) is 30.5 Å². The first-order valence-electron chi connectivity index (χ1n) is 4.65. The molecule has 2 aromatic heterocycles. The van der Waals surface area contributed by atoms with E-state index in [0.717, 1.165) is 5.69 Å². The van der Waals surface area contributed by atoms with E-state index in [9.17, 15) is 4.79 Å². The van der Waals surface area contributed by atoms with Crippen LogP contribution in [0.2, 0.25) is 5.15 Å². The molecule has 0 aliphatic carbocycles. The first-order valence-corrected chi connectivity index (χ1v) is 5.02. The number of nitrogens with one attached hydrogen (secondary N) is 2. The number of pyridine rings is 1. The SMILES string of the molecule is O=C(NCc1ccn[nH]1)c1cccc(Cl)n1. The van der Waals surface area contributed by atoms with Crippen LogP contribution in [-0.2, 0) is 6.54 Å². The van der Waals surface area contributed by atoms with E-state index < -0.39 is 0 Å². The lowest BCUT2D eigenvalue weighted by atomic mass is 10.3. The minimum Gasteiger partial charge on any atom is -0.345 e. The number of amides is 1. The summed E-state index contributed by atoms with van der Waals surface area (Å²) in [5.74, 6) is -0.267. The summed E-state index contributed by atoms with van der Waals surface area (Å²) in [6.07, 6.45) is 1.62. The predicted octanol–water partition coefficient (Wildman–Crippen LogP) is 1.39. The smallest absolute Gasteiger partial charge is 0.270 e. The third-order valence-corrected chi connectivity index (χ3v) is 2.16. The van der Waals surface area contributed by atoms with Gasteiger partial charge in [0.15, 0.2) is 0 Å². The van der Waals surface area contributed by atoms with Crippen LogP contribution in [0.25, 0.3) is 0 Å². The molecular formula is C10H9ClN4O. The summed E-state index contributed by atoms with van der Waals surface area (Å²) in [7, 11) is 0. The molecule has 0 saturated carbocycles. The Hall–Kier alpha value is -1.88. The first-order chi connectivity index (χ1) is 7.75. The lowest BCUT2D eigenvalue weighted by Crippen LogP contribution is -2.23. The zero-order valence-electron chi connectivity index (χ0n) is 8.27. The molecule has 0 unspecified atom stereocenters. The predicted molar refractivity (Wildman–Crippen MR) is 59.0 cm³/mol. The highest BCUT2D eigenvalue weighted by atomic mass is 35.5. The topological polar surface area (TPSA) is 70.7 Å². The maximum atomic E-state index is 11.6. The fraction of sp³-hybridized carbons (Fsp3) is 0.100. The van der Waals surface area contributed by atoms with Gasteiger partial charge in [-0.05, 0) is 18.2 Å². The molecular weight excluding hydrogens is 228 g/mol. The lowest BCUT2D eigenvalue weighted by Gasteiger charge is -2.02. The van der Waals surface area contributed by atoms with Crippen molar-refractivity contribution in [3.05, 3.63) is 47.0 Å². The molecule has 0 bridgehead atoms. The quantitative estimate of drug-likeness (QED) is 0.791. The summed E-state index contributed by atoms with van der Waals surface area (Å²) in [5, 5.41) is 9.52. The van der Waals surface area contributed by atoms with Gasteiger partial charge in [0, 0.05) is 6.20 Å². The number of hydrogen-bond donors (Lipinski definition) is 2. The van der Waals surface area contributed by atoms with Gasteiger partial charge in [0.1, 0.15) is 10.8 Å². The van der Waals surface area contributed by atoms with Crippen LogP contribution in [0.5, 0.6) is 0 Å². The van der Waals surface area contributed by atoms with Crippen molar-refractivity contribution in [3.8, 4) is 0 Å². The highest BCUT2D eigenvalue weighted by Gasteiger charge is 2.07. The minimum absolute atomic E-state index is 0.267. The Labute approximate surface area is 96.8 Å². The van der Waals surface area contributed by atoms with Crippen molar-refractivity contribution in [2.45, 2.75) is 6.54 Å². The van der Waals surface area contributed by atoms with Gasteiger partial charge in [-0.25, -0.2) is 4.98 Å². The molecule has 2 aromatic rings. The maximum Gasteiger partial charge on any atom is 0.270 e. The third kappa shape index (κ3) is 2.58. The molecule has 0 radical (unpaired) electrons. The average Bonchev–Trinajstić information content (AvgIpc) is 2.78. The second kappa shape index (κ2) is 4.76. The molecule has 2 N–H and O–H groups in total. The fourth-order valence-electron chi connectivity index (χ4n) is 1.18. The Kier molecular flexibility index (Phi) is 3.16. The Morgan fingerprint density at radius 3 is 3.00 bits per heavy atom. The number of H-pyrrole nitrogens is 1. The van der Waals surface area contributed by atoms with Crippen molar-refractivity contribution in [2.75, 3.05) is 0 Å². The Bertz CT molecular complexity index is 483. The molecule has 0 atom stereocenters. The van der Waals surface area contributed by atoms with Gasteiger partial charge in [0.05, 0.1) is 12.2 Å². The molecule has 1 amide bonds. The molecule has 6 heteroatoms. The second-order valence-electron chi connectivity index (χ2n) is 3.11. The summed E-state index contributed by atoms with van der Waals surface area (Å²) in [6, 6.07) is 6.69. The van der Waals surface area contributed by atoms with Crippen LogP contribution in [0, 0.1) is 0 Å². The number of aromatic amines is 1. The average molecular weight is 237 g/mol. The van der Waals surface area contributed by atoms with Gasteiger partial charge in [-0.15, -0.1) is 0 Å². The molecule has 0 spiro atoms. The number of halogens is 1. The van der Waals surface area contributed by atoms with E-state index in [-0.39, 0.29) is 5.91 Å². The summed E-state index contributed by atoms with van der Waals surface area (Å²) in [4.78, 5) is 15.5. The monoisotopic (exact) mass is 236 g/mol. The second-order valence-corrected chi connectivity index (χ2v) is 3.50. The van der Waals surface area contributed by atoms with Crippen LogP contribution < -0.4 is 5.32 Å². The zero-order valence-corrected chi connectivity index (χ0v) is 9.03. The van der Waals surface area contributed by atoms with Gasteiger partial charge in [0.25, 0.3) is 5.91 Å². The van der Waals surface area contributed by atoms with Crippen LogP contribution >= 0.6 is 11.6 Å². The molecule has 0 aromatic carbocycles. The highest BCUT2D eigenvalue weighted by Crippen LogP contribution is 2.05. The zero-order chi connectivity index (χ0) is 11.4. The molecule has 16 heavy (non-hydrogen) atoms. The Balaban J connectivity index is 1.98. The number of carbonyl (C=O) groups is 1. The fourth-order valence-corrected chi connectivity index (χ4v) is 1.35. The summed E-state index contributed by atoms with van der Waals surface area (Å²) < 4.78 is 0. The normalized spacial score (nSPS) is 10.1. The third-order valence-electron chi connectivity index (χ3n) is 1.95. The number of carbonyl (C=O) groups excluding carboxylic acids is 1. The van der Waals surface area contributed by atoms with E-state index in [1.807, 2.05) is 0 Å². The Morgan fingerprint density at radius 2 is 2.31 bits per heavy atom. The molecule has 82 valence electrons. The van der Waals surface area contributed by atoms with E-state index in [4.69, 9.17) is 11.6 Å². The van der Waals surface area contributed by atoms with Gasteiger partial charge < -0.3 is 5.32 Å². The molecule has 2 heterocycles. The van der Waals surface area contributed by atoms with E-state index in [2.05, 4.69) is 20.5 Å². The first kappa shape index (κ1) is 10.6. The van der Waals surface area contributed by atoms with E-state index in [0.29, 0.717) is 17.4 Å². The largest absolute Gasteiger partial charge is 0.345 e. The van der Waals surface area contributed by atoms with E-state index in [1.54, 1.807) is 30.5 Å². The van der Waals surface area contributed by atoms with Crippen molar-refractivity contribution >= 4 is 17.5 Å². The van der Waals surface area contributed by atoms with E-state index in [1.165, 1.54) is 0 Å². The van der Waals surface area contributed by atoms with Crippen molar-refractivity contribution in [2.24, 2.45) is 0 Å². The molecule has 0 saturated heterocycles. The van der Waals surface area contributed by atoms with Crippen LogP contribution in [0.1, 0.15) is 16.2 Å². The molecule has 2 rings (SSSR count). The molecule has 5 nitrogen and oxygen atoms in total. The van der Waals surface area contributed by atoms with Crippen LogP contribution in [0.3, 0.4) is 0 Å². The summed E-state index contributed by atoms with van der Waals surface area (Å²) in [5.41, 5.74) is 1.13. The molecule has 0 fully saturated rings. The summed E-state index contributed by atoms with van der Waals surface area (Å²) in [6.45, 7) is 0.382. The van der Waals surface area contributed by atoms with Gasteiger partial charge in [-0.3, -0.25) is 9.89 Å². The van der Waals surface area contributed by atoms with Crippen molar-refractivity contribution in [1.29, 1.82) is 0 Å². The lowest BCUT2D eigenvalue weighted by molar-refractivity contribution is 0.0945. The van der Waals surface area contributed by atoms with Gasteiger partial charge in [-0.2, -0.15) is 5.10 Å². The van der Waals surface area contributed by atoms with Crippen LogP contribution in [0.4, 0.5) is 0 Å².